The minimum atomic E-state index is -0.481. The molecule has 0 N–H and O–H groups in total. The van der Waals surface area contributed by atoms with Gasteiger partial charge in [-0.25, -0.2) is 4.79 Å². The molecule has 72 valence electrons. The summed E-state index contributed by atoms with van der Waals surface area (Å²) in [5.74, 6) is -0.481. The summed E-state index contributed by atoms with van der Waals surface area (Å²) in [7, 11) is 0. The van der Waals surface area contributed by atoms with Crippen molar-refractivity contribution < 1.29 is 9.08 Å². The van der Waals surface area contributed by atoms with E-state index in [1.165, 1.54) is 11.3 Å². The summed E-state index contributed by atoms with van der Waals surface area (Å²) in [5, 5.41) is 1.08. The molecule has 0 saturated carbocycles. The lowest BCUT2D eigenvalue weighted by Crippen LogP contribution is -1.95. The maximum Gasteiger partial charge on any atom is 0.366 e. The number of fused-ring (bicyclic) bond motifs is 1. The Hall–Kier alpha value is -1.06. The van der Waals surface area contributed by atoms with E-state index in [0.29, 0.717) is 4.88 Å². The highest BCUT2D eigenvalue weighted by Crippen LogP contribution is 2.31. The van der Waals surface area contributed by atoms with Crippen LogP contribution in [0.25, 0.3) is 10.1 Å². The van der Waals surface area contributed by atoms with Gasteiger partial charge in [-0.2, -0.15) is 0 Å². The van der Waals surface area contributed by atoms with Crippen LogP contribution in [0.5, 0.6) is 0 Å². The number of carbonyl (C=O) groups excluding carboxylic acids is 1. The fraction of sp³-hybridized carbons (Fsp3) is 0.100. The summed E-state index contributed by atoms with van der Waals surface area (Å²) in [6.45, 7) is 1.89. The van der Waals surface area contributed by atoms with E-state index in [1.54, 1.807) is 0 Å². The molecule has 0 aliphatic rings. The molecule has 0 saturated heterocycles. The molecular weight excluding hydrogens is 220 g/mol. The van der Waals surface area contributed by atoms with Crippen molar-refractivity contribution in [3.8, 4) is 0 Å². The molecule has 0 fully saturated rings. The number of hydrogen-bond donors (Lipinski definition) is 0. The largest absolute Gasteiger partial charge is 0.366 e. The molecule has 2 rings (SSSR count). The number of rotatable bonds is 1. The van der Waals surface area contributed by atoms with Gasteiger partial charge >= 0.3 is 5.97 Å². The summed E-state index contributed by atoms with van der Waals surface area (Å²) in [5.41, 5.74) is 0.927. The van der Waals surface area contributed by atoms with Gasteiger partial charge in [0.15, 0.2) is 0 Å². The number of benzene rings is 1. The Labute approximate surface area is 90.2 Å². The predicted octanol–water partition coefficient (Wildman–Crippen LogP) is 3.52. The third kappa shape index (κ3) is 1.38. The predicted molar refractivity (Wildman–Crippen MR) is 57.8 cm³/mol. The van der Waals surface area contributed by atoms with Crippen LogP contribution in [0.1, 0.15) is 15.2 Å². The average molecular weight is 227 g/mol. The molecule has 1 aromatic heterocycles. The second-order valence-electron chi connectivity index (χ2n) is 2.92. The summed E-state index contributed by atoms with van der Waals surface area (Å²) in [6.07, 6.45) is 0. The first-order valence-corrected chi connectivity index (χ1v) is 5.17. The van der Waals surface area contributed by atoms with Gasteiger partial charge in [-0.1, -0.05) is 18.2 Å². The highest BCUT2D eigenvalue weighted by atomic mass is 35.5. The zero-order valence-corrected chi connectivity index (χ0v) is 8.98. The van der Waals surface area contributed by atoms with Crippen LogP contribution < -0.4 is 0 Å². The van der Waals surface area contributed by atoms with Gasteiger partial charge in [0.05, 0.1) is 0 Å². The zero-order valence-electron chi connectivity index (χ0n) is 7.41. The Morgan fingerprint density at radius 2 is 2.14 bits per heavy atom. The minimum Gasteiger partial charge on any atom is -0.342 e. The normalized spacial score (nSPS) is 10.4. The summed E-state index contributed by atoms with van der Waals surface area (Å²) >= 11 is 6.44. The van der Waals surface area contributed by atoms with E-state index in [0.717, 1.165) is 15.6 Å². The lowest BCUT2D eigenvalue weighted by atomic mass is 10.1. The van der Waals surface area contributed by atoms with Crippen molar-refractivity contribution in [1.29, 1.82) is 0 Å². The van der Waals surface area contributed by atoms with Crippen molar-refractivity contribution in [3.63, 3.8) is 0 Å². The third-order valence-electron chi connectivity index (χ3n) is 2.10. The van der Waals surface area contributed by atoms with Crippen LogP contribution in [0, 0.1) is 6.92 Å². The lowest BCUT2D eigenvalue weighted by molar-refractivity contribution is 0.0756. The molecule has 1 heterocycles. The van der Waals surface area contributed by atoms with Crippen LogP contribution in [-0.2, 0) is 4.29 Å². The summed E-state index contributed by atoms with van der Waals surface area (Å²) in [4.78, 5) is 11.8. The molecule has 2 nitrogen and oxygen atoms in total. The van der Waals surface area contributed by atoms with Crippen LogP contribution in [0.3, 0.4) is 0 Å². The van der Waals surface area contributed by atoms with Crippen LogP contribution >= 0.6 is 23.2 Å². The van der Waals surface area contributed by atoms with E-state index < -0.39 is 5.97 Å². The molecule has 2 aromatic rings. The van der Waals surface area contributed by atoms with E-state index >= 15 is 0 Å². The highest BCUT2D eigenvalue weighted by molar-refractivity contribution is 7.21. The fourth-order valence-electron chi connectivity index (χ4n) is 1.40. The van der Waals surface area contributed by atoms with Gasteiger partial charge in [-0.3, -0.25) is 0 Å². The van der Waals surface area contributed by atoms with E-state index in [9.17, 15) is 4.79 Å². The fourth-order valence-corrected chi connectivity index (χ4v) is 2.61. The van der Waals surface area contributed by atoms with Gasteiger partial charge in [0.25, 0.3) is 0 Å². The molecule has 0 spiro atoms. The maximum absolute atomic E-state index is 11.3. The number of halogens is 1. The van der Waals surface area contributed by atoms with Crippen LogP contribution in [0.15, 0.2) is 24.3 Å². The first kappa shape index (κ1) is 9.49. The highest BCUT2D eigenvalue weighted by Gasteiger charge is 2.15. The van der Waals surface area contributed by atoms with Gasteiger partial charge in [0.1, 0.15) is 16.7 Å². The maximum atomic E-state index is 11.3. The van der Waals surface area contributed by atoms with E-state index in [-0.39, 0.29) is 0 Å². The average Bonchev–Trinajstić information content (AvgIpc) is 2.56. The molecule has 0 aliphatic heterocycles. The van der Waals surface area contributed by atoms with E-state index in [2.05, 4.69) is 4.29 Å². The van der Waals surface area contributed by atoms with Gasteiger partial charge in [0.2, 0.25) is 0 Å². The standard InChI is InChI=1S/C10H7ClO2S/c1-6-7-4-2-3-5-8(7)14-9(6)10(12)13-11/h2-5H,1H3. The smallest absolute Gasteiger partial charge is 0.342 e. The Kier molecular flexibility index (Phi) is 2.44. The molecule has 0 bridgehead atoms. The zero-order chi connectivity index (χ0) is 10.1. The second-order valence-corrected chi connectivity index (χ2v) is 4.12. The van der Waals surface area contributed by atoms with Crippen molar-refractivity contribution >= 4 is 39.3 Å². The number of thiophene rings is 1. The SMILES string of the molecule is Cc1c(C(=O)OCl)sc2ccccc12. The molecule has 0 amide bonds. The second kappa shape index (κ2) is 3.59. The molecule has 0 atom stereocenters. The van der Waals surface area contributed by atoms with Gasteiger partial charge in [-0.05, 0) is 23.9 Å². The van der Waals surface area contributed by atoms with Crippen molar-refractivity contribution in [2.24, 2.45) is 0 Å². The quantitative estimate of drug-likeness (QED) is 0.744. The number of hydrogen-bond acceptors (Lipinski definition) is 3. The minimum absolute atomic E-state index is 0.481. The van der Waals surface area contributed by atoms with Gasteiger partial charge < -0.3 is 4.29 Å². The van der Waals surface area contributed by atoms with E-state index in [4.69, 9.17) is 11.9 Å². The molecule has 0 unspecified atom stereocenters. The molecule has 0 aliphatic carbocycles. The molecule has 1 aromatic carbocycles. The molecule has 4 heteroatoms. The molecule has 14 heavy (non-hydrogen) atoms. The summed E-state index contributed by atoms with van der Waals surface area (Å²) in [6, 6.07) is 7.83. The Bertz CT molecular complexity index is 490. The van der Waals surface area contributed by atoms with Crippen molar-refractivity contribution in [1.82, 2.24) is 0 Å². The topological polar surface area (TPSA) is 26.3 Å². The van der Waals surface area contributed by atoms with Crippen molar-refractivity contribution in [3.05, 3.63) is 34.7 Å². The summed E-state index contributed by atoms with van der Waals surface area (Å²) < 4.78 is 5.26. The monoisotopic (exact) mass is 226 g/mol. The lowest BCUT2D eigenvalue weighted by Gasteiger charge is -1.92. The van der Waals surface area contributed by atoms with Crippen LogP contribution in [-0.4, -0.2) is 5.97 Å². The van der Waals surface area contributed by atoms with Crippen molar-refractivity contribution in [2.45, 2.75) is 6.92 Å². The Morgan fingerprint density at radius 3 is 2.79 bits per heavy atom. The van der Waals surface area contributed by atoms with Gasteiger partial charge in [-0.15, -0.1) is 11.3 Å². The van der Waals surface area contributed by atoms with Crippen molar-refractivity contribution in [2.75, 3.05) is 0 Å². The Balaban J connectivity index is 2.68. The van der Waals surface area contributed by atoms with Crippen LogP contribution in [0.4, 0.5) is 0 Å². The van der Waals surface area contributed by atoms with Crippen LogP contribution in [0.2, 0.25) is 0 Å². The first-order chi connectivity index (χ1) is 6.74. The first-order valence-electron chi connectivity index (χ1n) is 4.05. The van der Waals surface area contributed by atoms with Gasteiger partial charge in [0, 0.05) is 4.70 Å². The molecule has 0 radical (unpaired) electrons. The Morgan fingerprint density at radius 1 is 1.43 bits per heavy atom. The molecular formula is C10H7ClO2S. The third-order valence-corrected chi connectivity index (χ3v) is 3.49. The number of carbonyl (C=O) groups is 1. The number of aryl methyl sites for hydroxylation is 1. The van der Waals surface area contributed by atoms with E-state index in [1.807, 2.05) is 31.2 Å².